The Morgan fingerprint density at radius 2 is 2.28 bits per heavy atom. The Kier molecular flexibility index (Phi) is 4.55. The van der Waals surface area contributed by atoms with Gasteiger partial charge in [-0.2, -0.15) is 0 Å². The summed E-state index contributed by atoms with van der Waals surface area (Å²) in [5, 5.41) is 5.64. The third-order valence-electron chi connectivity index (χ3n) is 3.12. The highest BCUT2D eigenvalue weighted by Gasteiger charge is 2.15. The SMILES string of the molecule is CCNC(Cn1ccnc1-c1cccs1)C(C)C. The van der Waals surface area contributed by atoms with Crippen molar-refractivity contribution in [2.24, 2.45) is 5.92 Å². The van der Waals surface area contributed by atoms with Crippen LogP contribution in [0, 0.1) is 5.92 Å². The Labute approximate surface area is 113 Å². The van der Waals surface area contributed by atoms with Gasteiger partial charge in [0.2, 0.25) is 0 Å². The van der Waals surface area contributed by atoms with Gasteiger partial charge < -0.3 is 9.88 Å². The smallest absolute Gasteiger partial charge is 0.150 e. The van der Waals surface area contributed by atoms with Crippen molar-refractivity contribution in [3.63, 3.8) is 0 Å². The van der Waals surface area contributed by atoms with Crippen molar-refractivity contribution in [1.29, 1.82) is 0 Å². The lowest BCUT2D eigenvalue weighted by Crippen LogP contribution is -2.37. The van der Waals surface area contributed by atoms with Gasteiger partial charge in [-0.3, -0.25) is 0 Å². The number of nitrogens with zero attached hydrogens (tertiary/aromatic N) is 2. The van der Waals surface area contributed by atoms with Crippen molar-refractivity contribution < 1.29 is 0 Å². The summed E-state index contributed by atoms with van der Waals surface area (Å²) in [5.74, 6) is 1.69. The van der Waals surface area contributed by atoms with E-state index in [-0.39, 0.29) is 0 Å². The third-order valence-corrected chi connectivity index (χ3v) is 3.99. The predicted octanol–water partition coefficient (Wildman–Crippen LogP) is 3.25. The average molecular weight is 263 g/mol. The van der Waals surface area contributed by atoms with Gasteiger partial charge in [-0.15, -0.1) is 11.3 Å². The molecule has 18 heavy (non-hydrogen) atoms. The maximum atomic E-state index is 4.48. The highest BCUT2D eigenvalue weighted by molar-refractivity contribution is 7.13. The average Bonchev–Trinajstić information content (AvgIpc) is 2.97. The van der Waals surface area contributed by atoms with Crippen molar-refractivity contribution in [3.05, 3.63) is 29.9 Å². The zero-order chi connectivity index (χ0) is 13.0. The number of aromatic nitrogens is 2. The molecule has 1 N–H and O–H groups in total. The Morgan fingerprint density at radius 1 is 1.44 bits per heavy atom. The van der Waals surface area contributed by atoms with E-state index in [9.17, 15) is 0 Å². The first kappa shape index (κ1) is 13.3. The van der Waals surface area contributed by atoms with Gasteiger partial charge >= 0.3 is 0 Å². The van der Waals surface area contributed by atoms with Crippen LogP contribution in [0.25, 0.3) is 10.7 Å². The molecule has 3 nitrogen and oxygen atoms in total. The number of imidazole rings is 1. The Hall–Kier alpha value is -1.13. The fraction of sp³-hybridized carbons (Fsp3) is 0.500. The Morgan fingerprint density at radius 3 is 2.89 bits per heavy atom. The molecule has 2 aromatic heterocycles. The topological polar surface area (TPSA) is 29.9 Å². The molecule has 1 unspecified atom stereocenters. The molecule has 0 aromatic carbocycles. The molecule has 0 saturated carbocycles. The summed E-state index contributed by atoms with van der Waals surface area (Å²) >= 11 is 1.74. The molecule has 0 aliphatic heterocycles. The Balaban J connectivity index is 2.16. The van der Waals surface area contributed by atoms with Crippen molar-refractivity contribution in [1.82, 2.24) is 14.9 Å². The quantitative estimate of drug-likeness (QED) is 0.867. The second kappa shape index (κ2) is 6.16. The largest absolute Gasteiger partial charge is 0.329 e. The van der Waals surface area contributed by atoms with E-state index in [4.69, 9.17) is 0 Å². The molecule has 2 heterocycles. The summed E-state index contributed by atoms with van der Waals surface area (Å²) in [5.41, 5.74) is 0. The molecule has 0 aliphatic rings. The molecule has 0 saturated heterocycles. The lowest BCUT2D eigenvalue weighted by atomic mass is 10.0. The molecule has 4 heteroatoms. The molecule has 0 amide bonds. The van der Waals surface area contributed by atoms with Gasteiger partial charge in [0.1, 0.15) is 5.82 Å². The van der Waals surface area contributed by atoms with Crippen LogP contribution in [0.3, 0.4) is 0 Å². The molecule has 0 spiro atoms. The minimum Gasteiger partial charge on any atom is -0.329 e. The van der Waals surface area contributed by atoms with Crippen LogP contribution in [0.1, 0.15) is 20.8 Å². The van der Waals surface area contributed by atoms with Crippen LogP contribution < -0.4 is 5.32 Å². The van der Waals surface area contributed by atoms with Gasteiger partial charge in [0, 0.05) is 25.0 Å². The number of likely N-dealkylation sites (N-methyl/N-ethyl adjacent to an activating group) is 1. The van der Waals surface area contributed by atoms with E-state index < -0.39 is 0 Å². The van der Waals surface area contributed by atoms with Crippen molar-refractivity contribution in [3.8, 4) is 10.7 Å². The maximum absolute atomic E-state index is 4.48. The van der Waals surface area contributed by atoms with E-state index >= 15 is 0 Å². The van der Waals surface area contributed by atoms with Crippen LogP contribution in [0.15, 0.2) is 29.9 Å². The van der Waals surface area contributed by atoms with Crippen LogP contribution in [-0.4, -0.2) is 22.1 Å². The molecule has 0 bridgehead atoms. The molecule has 2 rings (SSSR count). The number of nitrogens with one attached hydrogen (secondary N) is 1. The molecule has 0 aliphatic carbocycles. The second-order valence-electron chi connectivity index (χ2n) is 4.79. The zero-order valence-corrected chi connectivity index (χ0v) is 12.1. The summed E-state index contributed by atoms with van der Waals surface area (Å²) < 4.78 is 2.25. The normalized spacial score (nSPS) is 13.1. The first-order chi connectivity index (χ1) is 8.72. The molecule has 0 radical (unpaired) electrons. The molecular weight excluding hydrogens is 242 g/mol. The standard InChI is InChI=1S/C14H21N3S/c1-4-15-12(11(2)3)10-17-8-7-16-14(17)13-6-5-9-18-13/h5-9,11-12,15H,4,10H2,1-3H3. The zero-order valence-electron chi connectivity index (χ0n) is 11.3. The van der Waals surface area contributed by atoms with Crippen molar-refractivity contribution >= 4 is 11.3 Å². The summed E-state index contributed by atoms with van der Waals surface area (Å²) in [6.45, 7) is 8.65. The lowest BCUT2D eigenvalue weighted by molar-refractivity contribution is 0.363. The van der Waals surface area contributed by atoms with E-state index in [1.807, 2.05) is 6.20 Å². The van der Waals surface area contributed by atoms with E-state index in [0.717, 1.165) is 18.9 Å². The number of thiophene rings is 1. The third kappa shape index (κ3) is 3.00. The molecule has 1 atom stereocenters. The van der Waals surface area contributed by atoms with Gasteiger partial charge in [-0.1, -0.05) is 26.8 Å². The van der Waals surface area contributed by atoms with Crippen LogP contribution >= 0.6 is 11.3 Å². The summed E-state index contributed by atoms with van der Waals surface area (Å²) in [6, 6.07) is 4.69. The van der Waals surface area contributed by atoms with Gasteiger partial charge in [0.05, 0.1) is 4.88 Å². The summed E-state index contributed by atoms with van der Waals surface area (Å²) in [6.07, 6.45) is 3.96. The van der Waals surface area contributed by atoms with Gasteiger partial charge in [-0.25, -0.2) is 4.98 Å². The first-order valence-electron chi connectivity index (χ1n) is 6.50. The number of hydrogen-bond donors (Lipinski definition) is 1. The van der Waals surface area contributed by atoms with Gasteiger partial charge in [-0.05, 0) is 23.9 Å². The minimum absolute atomic E-state index is 0.489. The predicted molar refractivity (Wildman–Crippen MR) is 77.8 cm³/mol. The summed E-state index contributed by atoms with van der Waals surface area (Å²) in [4.78, 5) is 5.71. The van der Waals surface area contributed by atoms with Crippen molar-refractivity contribution in [2.75, 3.05) is 6.54 Å². The second-order valence-corrected chi connectivity index (χ2v) is 5.74. The van der Waals surface area contributed by atoms with E-state index in [2.05, 4.69) is 59.3 Å². The molecule has 2 aromatic rings. The lowest BCUT2D eigenvalue weighted by Gasteiger charge is -2.23. The fourth-order valence-electron chi connectivity index (χ4n) is 2.07. The maximum Gasteiger partial charge on any atom is 0.150 e. The van der Waals surface area contributed by atoms with E-state index in [1.165, 1.54) is 4.88 Å². The highest BCUT2D eigenvalue weighted by Crippen LogP contribution is 2.23. The van der Waals surface area contributed by atoms with Crippen LogP contribution in [-0.2, 0) is 6.54 Å². The Bertz CT molecular complexity index is 459. The minimum atomic E-state index is 0.489. The van der Waals surface area contributed by atoms with Gasteiger partial charge in [0.25, 0.3) is 0 Å². The summed E-state index contributed by atoms with van der Waals surface area (Å²) in [7, 11) is 0. The monoisotopic (exact) mass is 263 g/mol. The molecule has 0 fully saturated rings. The van der Waals surface area contributed by atoms with Crippen LogP contribution in [0.4, 0.5) is 0 Å². The molecular formula is C14H21N3S. The van der Waals surface area contributed by atoms with E-state index in [0.29, 0.717) is 12.0 Å². The highest BCUT2D eigenvalue weighted by atomic mass is 32.1. The van der Waals surface area contributed by atoms with Crippen LogP contribution in [0.5, 0.6) is 0 Å². The fourth-order valence-corrected chi connectivity index (χ4v) is 2.81. The number of hydrogen-bond acceptors (Lipinski definition) is 3. The van der Waals surface area contributed by atoms with E-state index in [1.54, 1.807) is 11.3 Å². The van der Waals surface area contributed by atoms with Crippen LogP contribution in [0.2, 0.25) is 0 Å². The number of rotatable bonds is 6. The van der Waals surface area contributed by atoms with Crippen molar-refractivity contribution in [2.45, 2.75) is 33.4 Å². The molecule has 98 valence electrons. The van der Waals surface area contributed by atoms with Gasteiger partial charge in [0.15, 0.2) is 0 Å². The first-order valence-corrected chi connectivity index (χ1v) is 7.38.